The van der Waals surface area contributed by atoms with Crippen LogP contribution in [0.2, 0.25) is 0 Å². The van der Waals surface area contributed by atoms with E-state index < -0.39 is 0 Å². The number of hydrogen-bond acceptors (Lipinski definition) is 3. The lowest BCUT2D eigenvalue weighted by Gasteiger charge is -2.12. The maximum absolute atomic E-state index is 4.81. The number of hydrogen-bond donors (Lipinski definition) is 1. The normalized spacial score (nSPS) is 14.3. The van der Waals surface area contributed by atoms with E-state index >= 15 is 0 Å². The SMILES string of the molecule is CCNc1nc(Cc2ccccc2)nc(C2CC2)c1I. The molecular weight excluding hydrogens is 361 g/mol. The zero-order valence-corrected chi connectivity index (χ0v) is 13.7. The maximum Gasteiger partial charge on any atom is 0.143 e. The molecule has 0 radical (unpaired) electrons. The fraction of sp³-hybridized carbons (Fsp3) is 0.375. The highest BCUT2D eigenvalue weighted by Gasteiger charge is 2.29. The zero-order chi connectivity index (χ0) is 13.9. The summed E-state index contributed by atoms with van der Waals surface area (Å²) in [6, 6.07) is 10.4. The van der Waals surface area contributed by atoms with Crippen molar-refractivity contribution >= 4 is 28.4 Å². The summed E-state index contributed by atoms with van der Waals surface area (Å²) < 4.78 is 1.20. The lowest BCUT2D eigenvalue weighted by Crippen LogP contribution is -2.09. The first-order valence-corrected chi connectivity index (χ1v) is 8.20. The number of anilines is 1. The van der Waals surface area contributed by atoms with Gasteiger partial charge in [-0.15, -0.1) is 0 Å². The average molecular weight is 379 g/mol. The summed E-state index contributed by atoms with van der Waals surface area (Å²) in [6.45, 7) is 2.99. The van der Waals surface area contributed by atoms with E-state index in [9.17, 15) is 0 Å². The minimum Gasteiger partial charge on any atom is -0.369 e. The molecule has 3 nitrogen and oxygen atoms in total. The molecule has 2 aromatic rings. The number of nitrogens with zero attached hydrogens (tertiary/aromatic N) is 2. The van der Waals surface area contributed by atoms with E-state index in [1.807, 2.05) is 6.07 Å². The van der Waals surface area contributed by atoms with E-state index in [1.54, 1.807) is 0 Å². The Hall–Kier alpha value is -1.17. The van der Waals surface area contributed by atoms with Gasteiger partial charge in [0.15, 0.2) is 0 Å². The van der Waals surface area contributed by atoms with E-state index in [-0.39, 0.29) is 0 Å². The summed E-state index contributed by atoms with van der Waals surface area (Å²) >= 11 is 2.38. The standard InChI is InChI=1S/C16H18IN3/c1-2-18-16-14(17)15(12-8-9-12)19-13(20-16)10-11-6-4-3-5-7-11/h3-7,12H,2,8-10H2,1H3,(H,18,19,20). The summed E-state index contributed by atoms with van der Waals surface area (Å²) in [5.74, 6) is 2.57. The van der Waals surface area contributed by atoms with Gasteiger partial charge >= 0.3 is 0 Å². The molecule has 1 aliphatic carbocycles. The van der Waals surface area contributed by atoms with Gasteiger partial charge in [0.2, 0.25) is 0 Å². The van der Waals surface area contributed by atoms with Crippen LogP contribution < -0.4 is 5.32 Å². The van der Waals surface area contributed by atoms with Crippen LogP contribution in [0.3, 0.4) is 0 Å². The highest BCUT2D eigenvalue weighted by Crippen LogP contribution is 2.42. The Kier molecular flexibility index (Phi) is 4.19. The monoisotopic (exact) mass is 379 g/mol. The molecule has 0 amide bonds. The molecule has 1 fully saturated rings. The van der Waals surface area contributed by atoms with Gasteiger partial charge in [0.05, 0.1) is 9.26 Å². The molecule has 3 rings (SSSR count). The second-order valence-electron chi connectivity index (χ2n) is 5.15. The maximum atomic E-state index is 4.81. The van der Waals surface area contributed by atoms with Crippen molar-refractivity contribution < 1.29 is 0 Å². The summed E-state index contributed by atoms with van der Waals surface area (Å²) in [6.07, 6.45) is 3.34. The molecule has 4 heteroatoms. The summed E-state index contributed by atoms with van der Waals surface area (Å²) in [5.41, 5.74) is 2.50. The van der Waals surface area contributed by atoms with Gasteiger partial charge in [-0.25, -0.2) is 9.97 Å². The van der Waals surface area contributed by atoms with Crippen LogP contribution in [0.25, 0.3) is 0 Å². The molecule has 1 saturated carbocycles. The Bertz CT molecular complexity index is 594. The molecule has 1 aromatic carbocycles. The van der Waals surface area contributed by atoms with Crippen LogP contribution in [0.1, 0.15) is 42.8 Å². The molecule has 0 atom stereocenters. The second kappa shape index (κ2) is 6.08. The van der Waals surface area contributed by atoms with Gasteiger partial charge in [-0.05, 0) is 47.9 Å². The quantitative estimate of drug-likeness (QED) is 0.799. The third-order valence-corrected chi connectivity index (χ3v) is 4.50. The van der Waals surface area contributed by atoms with E-state index in [0.29, 0.717) is 5.92 Å². The predicted octanol–water partition coefficient (Wildman–Crippen LogP) is 3.98. The van der Waals surface area contributed by atoms with Crippen molar-refractivity contribution in [1.29, 1.82) is 0 Å². The molecule has 1 N–H and O–H groups in total. The molecule has 0 bridgehead atoms. The van der Waals surface area contributed by atoms with Gasteiger partial charge in [-0.2, -0.15) is 0 Å². The van der Waals surface area contributed by atoms with E-state index in [4.69, 9.17) is 9.97 Å². The first-order chi connectivity index (χ1) is 9.78. The molecule has 1 heterocycles. The Morgan fingerprint density at radius 3 is 2.60 bits per heavy atom. The zero-order valence-electron chi connectivity index (χ0n) is 11.6. The van der Waals surface area contributed by atoms with Crippen molar-refractivity contribution in [2.24, 2.45) is 0 Å². The largest absolute Gasteiger partial charge is 0.369 e. The highest BCUT2D eigenvalue weighted by molar-refractivity contribution is 14.1. The lowest BCUT2D eigenvalue weighted by atomic mass is 10.1. The van der Waals surface area contributed by atoms with Crippen molar-refractivity contribution in [2.75, 3.05) is 11.9 Å². The Morgan fingerprint density at radius 1 is 1.20 bits per heavy atom. The summed E-state index contributed by atoms with van der Waals surface area (Å²) in [7, 11) is 0. The molecular formula is C16H18IN3. The van der Waals surface area contributed by atoms with E-state index in [2.05, 4.69) is 59.1 Å². The molecule has 20 heavy (non-hydrogen) atoms. The minimum absolute atomic E-state index is 0.650. The van der Waals surface area contributed by atoms with Crippen LogP contribution in [0.5, 0.6) is 0 Å². The van der Waals surface area contributed by atoms with Crippen LogP contribution >= 0.6 is 22.6 Å². The number of rotatable bonds is 5. The summed E-state index contributed by atoms with van der Waals surface area (Å²) in [5, 5.41) is 3.37. The van der Waals surface area contributed by atoms with Crippen molar-refractivity contribution in [2.45, 2.75) is 32.1 Å². The first kappa shape index (κ1) is 13.8. The number of benzene rings is 1. The Labute approximate surface area is 133 Å². The molecule has 104 valence electrons. The van der Waals surface area contributed by atoms with E-state index in [1.165, 1.54) is 27.7 Å². The average Bonchev–Trinajstić information content (AvgIpc) is 3.28. The second-order valence-corrected chi connectivity index (χ2v) is 6.23. The molecule has 0 saturated heterocycles. The van der Waals surface area contributed by atoms with Crippen molar-refractivity contribution in [3.8, 4) is 0 Å². The van der Waals surface area contributed by atoms with Gasteiger partial charge < -0.3 is 5.32 Å². The van der Waals surface area contributed by atoms with Crippen molar-refractivity contribution in [1.82, 2.24) is 9.97 Å². The Balaban J connectivity index is 1.93. The van der Waals surface area contributed by atoms with Crippen LogP contribution in [0, 0.1) is 3.57 Å². The third-order valence-electron chi connectivity index (χ3n) is 3.44. The van der Waals surface area contributed by atoms with Crippen LogP contribution in [0.4, 0.5) is 5.82 Å². The van der Waals surface area contributed by atoms with E-state index in [0.717, 1.165) is 24.6 Å². The van der Waals surface area contributed by atoms with Crippen LogP contribution in [-0.4, -0.2) is 16.5 Å². The lowest BCUT2D eigenvalue weighted by molar-refractivity contribution is 0.887. The molecule has 1 aliphatic rings. The smallest absolute Gasteiger partial charge is 0.143 e. The first-order valence-electron chi connectivity index (χ1n) is 7.12. The third kappa shape index (κ3) is 3.11. The van der Waals surface area contributed by atoms with Crippen molar-refractivity contribution in [3.05, 3.63) is 51.0 Å². The number of nitrogens with one attached hydrogen (secondary N) is 1. The number of halogens is 1. The van der Waals surface area contributed by atoms with Gasteiger partial charge in [-0.1, -0.05) is 30.3 Å². The van der Waals surface area contributed by atoms with Gasteiger partial charge in [0, 0.05) is 18.9 Å². The molecule has 0 unspecified atom stereocenters. The highest BCUT2D eigenvalue weighted by atomic mass is 127. The van der Waals surface area contributed by atoms with Gasteiger partial charge in [0.1, 0.15) is 11.6 Å². The van der Waals surface area contributed by atoms with Crippen LogP contribution in [-0.2, 0) is 6.42 Å². The van der Waals surface area contributed by atoms with Gasteiger partial charge in [0.25, 0.3) is 0 Å². The predicted molar refractivity (Wildman–Crippen MR) is 90.1 cm³/mol. The number of aromatic nitrogens is 2. The topological polar surface area (TPSA) is 37.8 Å². The molecule has 0 spiro atoms. The van der Waals surface area contributed by atoms with Crippen molar-refractivity contribution in [3.63, 3.8) is 0 Å². The minimum atomic E-state index is 0.650. The fourth-order valence-electron chi connectivity index (χ4n) is 2.28. The molecule has 0 aliphatic heterocycles. The van der Waals surface area contributed by atoms with Crippen LogP contribution in [0.15, 0.2) is 30.3 Å². The fourth-order valence-corrected chi connectivity index (χ4v) is 3.15. The molecule has 1 aromatic heterocycles. The summed E-state index contributed by atoms with van der Waals surface area (Å²) in [4.78, 5) is 9.51. The Morgan fingerprint density at radius 2 is 1.95 bits per heavy atom. The van der Waals surface area contributed by atoms with Gasteiger partial charge in [-0.3, -0.25) is 0 Å².